The number of nitrogens with zero attached hydrogens (tertiary/aromatic N) is 4. The summed E-state index contributed by atoms with van der Waals surface area (Å²) in [4.78, 5) is 14.8. The third-order valence-corrected chi connectivity index (χ3v) is 5.53. The van der Waals surface area contributed by atoms with Crippen LogP contribution in [0.5, 0.6) is 0 Å². The molecule has 1 aromatic heterocycles. The molecule has 0 fully saturated rings. The Morgan fingerprint density at radius 3 is 2.85 bits per heavy atom. The summed E-state index contributed by atoms with van der Waals surface area (Å²) in [5, 5.41) is 9.39. The lowest BCUT2D eigenvalue weighted by Gasteiger charge is -2.22. The van der Waals surface area contributed by atoms with Crippen LogP contribution in [-0.2, 0) is 22.5 Å². The molecule has 140 valence electrons. The van der Waals surface area contributed by atoms with E-state index in [0.29, 0.717) is 18.9 Å². The first-order chi connectivity index (χ1) is 12.5. The van der Waals surface area contributed by atoms with Crippen LogP contribution in [0.3, 0.4) is 0 Å². The van der Waals surface area contributed by atoms with E-state index in [-0.39, 0.29) is 17.9 Å². The predicted octanol–water partition coefficient (Wildman–Crippen LogP) is 3.12. The Morgan fingerprint density at radius 2 is 2.12 bits per heavy atom. The van der Waals surface area contributed by atoms with Gasteiger partial charge in [0.05, 0.1) is 12.4 Å². The molecule has 0 aliphatic carbocycles. The topological polar surface area (TPSA) is 60.2 Å². The number of hydrogen-bond acceptors (Lipinski definition) is 5. The molecule has 3 rings (SSSR count). The van der Waals surface area contributed by atoms with Crippen LogP contribution in [0, 0.1) is 0 Å². The molecular formula is C19H26N4O2S. The van der Waals surface area contributed by atoms with E-state index < -0.39 is 0 Å². The molecule has 2 heterocycles. The van der Waals surface area contributed by atoms with E-state index in [1.54, 1.807) is 7.11 Å². The largest absolute Gasteiger partial charge is 0.383 e. The van der Waals surface area contributed by atoms with Gasteiger partial charge in [0, 0.05) is 31.3 Å². The molecule has 0 saturated heterocycles. The molecule has 0 bridgehead atoms. The number of para-hydroxylation sites is 1. The van der Waals surface area contributed by atoms with Gasteiger partial charge < -0.3 is 14.2 Å². The number of thioether (sulfide) groups is 1. The maximum absolute atomic E-state index is 12.9. The van der Waals surface area contributed by atoms with E-state index in [0.717, 1.165) is 23.1 Å². The van der Waals surface area contributed by atoms with E-state index in [4.69, 9.17) is 4.74 Å². The Labute approximate surface area is 158 Å². The highest BCUT2D eigenvalue weighted by atomic mass is 32.2. The second kappa shape index (κ2) is 8.22. The number of rotatable bonds is 7. The highest BCUT2D eigenvalue weighted by molar-refractivity contribution is 7.99. The van der Waals surface area contributed by atoms with Gasteiger partial charge in [-0.15, -0.1) is 10.2 Å². The Balaban J connectivity index is 1.72. The molecule has 7 heteroatoms. The van der Waals surface area contributed by atoms with Gasteiger partial charge in [-0.2, -0.15) is 0 Å². The molecule has 1 amide bonds. The molecule has 6 nitrogen and oxygen atoms in total. The summed E-state index contributed by atoms with van der Waals surface area (Å²) in [5.41, 5.74) is 2.28. The van der Waals surface area contributed by atoms with Crippen molar-refractivity contribution in [2.75, 3.05) is 24.4 Å². The Kier molecular flexibility index (Phi) is 5.98. The number of aromatic nitrogens is 3. The van der Waals surface area contributed by atoms with E-state index in [9.17, 15) is 4.79 Å². The van der Waals surface area contributed by atoms with Crippen LogP contribution in [-0.4, -0.2) is 46.2 Å². The number of methoxy groups -OCH3 is 1. The lowest BCUT2D eigenvalue weighted by Crippen LogP contribution is -2.37. The highest BCUT2D eigenvalue weighted by Gasteiger charge is 2.30. The first-order valence-corrected chi connectivity index (χ1v) is 9.96. The van der Waals surface area contributed by atoms with Gasteiger partial charge in [-0.1, -0.05) is 43.8 Å². The Bertz CT molecular complexity index is 775. The standard InChI is InChI=1S/C19H26N4O2S/c1-13(2)18-20-21-19(22(18)9-10-25-4)26-12-17(24)23-14(3)11-15-7-5-6-8-16(15)23/h5-8,13-14H,9-12H2,1-4H3. The minimum Gasteiger partial charge on any atom is -0.383 e. The summed E-state index contributed by atoms with van der Waals surface area (Å²) in [5.74, 6) is 1.66. The Hall–Kier alpha value is -1.86. The van der Waals surface area contributed by atoms with Gasteiger partial charge in [0.15, 0.2) is 5.16 Å². The summed E-state index contributed by atoms with van der Waals surface area (Å²) in [7, 11) is 1.68. The van der Waals surface area contributed by atoms with Gasteiger partial charge in [0.25, 0.3) is 0 Å². The van der Waals surface area contributed by atoms with Gasteiger partial charge in [-0.3, -0.25) is 4.79 Å². The number of amides is 1. The van der Waals surface area contributed by atoms with Gasteiger partial charge in [0.1, 0.15) is 5.82 Å². The predicted molar refractivity (Wildman–Crippen MR) is 104 cm³/mol. The third-order valence-electron chi connectivity index (χ3n) is 4.58. The summed E-state index contributed by atoms with van der Waals surface area (Å²) in [6.45, 7) is 7.57. The van der Waals surface area contributed by atoms with Crippen LogP contribution in [0.2, 0.25) is 0 Å². The first-order valence-electron chi connectivity index (χ1n) is 8.97. The third kappa shape index (κ3) is 3.78. The van der Waals surface area contributed by atoms with Crippen molar-refractivity contribution in [3.8, 4) is 0 Å². The Morgan fingerprint density at radius 1 is 1.35 bits per heavy atom. The zero-order valence-electron chi connectivity index (χ0n) is 15.8. The number of benzene rings is 1. The summed E-state index contributed by atoms with van der Waals surface area (Å²) >= 11 is 1.45. The monoisotopic (exact) mass is 374 g/mol. The maximum atomic E-state index is 12.9. The van der Waals surface area contributed by atoms with Crippen LogP contribution in [0.15, 0.2) is 29.4 Å². The minimum absolute atomic E-state index is 0.111. The van der Waals surface area contributed by atoms with Gasteiger partial charge in [0.2, 0.25) is 5.91 Å². The molecule has 1 unspecified atom stereocenters. The molecule has 1 aromatic carbocycles. The number of anilines is 1. The second-order valence-corrected chi connectivity index (χ2v) is 7.82. The van der Waals surface area contributed by atoms with Crippen molar-refractivity contribution in [2.45, 2.75) is 50.9 Å². The SMILES string of the molecule is COCCn1c(SCC(=O)N2c3ccccc3CC2C)nnc1C(C)C. The van der Waals surface area contributed by atoms with Crippen LogP contribution in [0.25, 0.3) is 0 Å². The highest BCUT2D eigenvalue weighted by Crippen LogP contribution is 2.33. The number of carbonyl (C=O) groups excluding carboxylic acids is 1. The molecule has 0 spiro atoms. The molecule has 0 N–H and O–H groups in total. The first kappa shape index (κ1) is 18.9. The van der Waals surface area contributed by atoms with Gasteiger partial charge in [-0.05, 0) is 25.0 Å². The van der Waals surface area contributed by atoms with Crippen LogP contribution < -0.4 is 4.90 Å². The van der Waals surface area contributed by atoms with Crippen LogP contribution in [0.1, 0.15) is 38.1 Å². The number of ether oxygens (including phenoxy) is 1. The van der Waals surface area contributed by atoms with Crippen molar-refractivity contribution in [1.29, 1.82) is 0 Å². The fraction of sp³-hybridized carbons (Fsp3) is 0.526. The zero-order valence-corrected chi connectivity index (χ0v) is 16.6. The lowest BCUT2D eigenvalue weighted by molar-refractivity contribution is -0.116. The van der Waals surface area contributed by atoms with E-state index in [1.807, 2.05) is 23.1 Å². The maximum Gasteiger partial charge on any atom is 0.237 e. The summed E-state index contributed by atoms with van der Waals surface area (Å²) in [6.07, 6.45) is 0.911. The average Bonchev–Trinajstić information content (AvgIpc) is 3.17. The molecule has 1 aliphatic heterocycles. The fourth-order valence-electron chi connectivity index (χ4n) is 3.37. The fourth-order valence-corrected chi connectivity index (χ4v) is 4.20. The van der Waals surface area contributed by atoms with Crippen molar-refractivity contribution in [3.63, 3.8) is 0 Å². The van der Waals surface area contributed by atoms with Crippen molar-refractivity contribution < 1.29 is 9.53 Å². The van der Waals surface area contributed by atoms with Gasteiger partial charge in [-0.25, -0.2) is 0 Å². The van der Waals surface area contributed by atoms with Crippen LogP contribution >= 0.6 is 11.8 Å². The smallest absolute Gasteiger partial charge is 0.237 e. The summed E-state index contributed by atoms with van der Waals surface area (Å²) < 4.78 is 7.27. The second-order valence-electron chi connectivity index (χ2n) is 6.87. The lowest BCUT2D eigenvalue weighted by atomic mass is 10.1. The van der Waals surface area contributed by atoms with Crippen molar-refractivity contribution >= 4 is 23.4 Å². The molecule has 1 atom stereocenters. The van der Waals surface area contributed by atoms with Gasteiger partial charge >= 0.3 is 0 Å². The van der Waals surface area contributed by atoms with Crippen LogP contribution in [0.4, 0.5) is 5.69 Å². The number of fused-ring (bicyclic) bond motifs is 1. The van der Waals surface area contributed by atoms with E-state index >= 15 is 0 Å². The number of carbonyl (C=O) groups is 1. The molecule has 2 aromatic rings. The van der Waals surface area contributed by atoms with E-state index in [2.05, 4.69) is 41.6 Å². The van der Waals surface area contributed by atoms with Crippen molar-refractivity contribution in [1.82, 2.24) is 14.8 Å². The average molecular weight is 375 g/mol. The van der Waals surface area contributed by atoms with Crippen molar-refractivity contribution in [2.24, 2.45) is 0 Å². The molecule has 0 saturated carbocycles. The molecule has 1 aliphatic rings. The quantitative estimate of drug-likeness (QED) is 0.697. The molecular weight excluding hydrogens is 348 g/mol. The zero-order chi connectivity index (χ0) is 18.7. The number of hydrogen-bond donors (Lipinski definition) is 0. The normalized spacial score (nSPS) is 16.3. The van der Waals surface area contributed by atoms with E-state index in [1.165, 1.54) is 17.3 Å². The van der Waals surface area contributed by atoms with Crippen molar-refractivity contribution in [3.05, 3.63) is 35.7 Å². The molecule has 0 radical (unpaired) electrons. The molecule has 26 heavy (non-hydrogen) atoms. The summed E-state index contributed by atoms with van der Waals surface area (Å²) in [6, 6.07) is 8.33. The minimum atomic E-state index is 0.111.